The third-order valence-electron chi connectivity index (χ3n) is 2.47. The van der Waals surface area contributed by atoms with Crippen molar-refractivity contribution in [2.75, 3.05) is 14.2 Å². The molecule has 0 fully saturated rings. The summed E-state index contributed by atoms with van der Waals surface area (Å²) < 4.78 is 10.3. The van der Waals surface area contributed by atoms with Gasteiger partial charge in [-0.1, -0.05) is 18.2 Å². The topological polar surface area (TPSA) is 44.2 Å². The molecule has 0 aliphatic rings. The first-order valence-electron chi connectivity index (χ1n) is 5.32. The maximum Gasteiger partial charge on any atom is 0.233 e. The van der Waals surface area contributed by atoms with E-state index in [9.17, 15) is 0 Å². The third-order valence-corrected chi connectivity index (χ3v) is 2.47. The van der Waals surface area contributed by atoms with Crippen molar-refractivity contribution in [1.29, 1.82) is 0 Å². The Morgan fingerprint density at radius 1 is 0.941 bits per heavy atom. The molecule has 0 N–H and O–H groups in total. The maximum absolute atomic E-state index is 5.29. The number of methoxy groups -OCH3 is 2. The monoisotopic (exact) mass is 230 g/mol. The lowest BCUT2D eigenvalue weighted by Crippen LogP contribution is -1.98. The van der Waals surface area contributed by atoms with Gasteiger partial charge in [0.1, 0.15) is 5.75 Å². The van der Waals surface area contributed by atoms with E-state index in [1.54, 1.807) is 20.3 Å². The fraction of sp³-hybridized carbons (Fsp3) is 0.231. The molecule has 0 saturated carbocycles. The van der Waals surface area contributed by atoms with Crippen LogP contribution < -0.4 is 9.47 Å². The van der Waals surface area contributed by atoms with E-state index in [1.807, 2.05) is 30.3 Å². The minimum Gasteiger partial charge on any atom is -0.496 e. The molecule has 1 aromatic heterocycles. The molecule has 0 unspecified atom stereocenters. The molecule has 2 rings (SSSR count). The normalized spacial score (nSPS) is 10.0. The number of ether oxygens (including phenoxy) is 2. The lowest BCUT2D eigenvalue weighted by atomic mass is 10.1. The molecule has 1 aromatic carbocycles. The van der Waals surface area contributed by atoms with Gasteiger partial charge in [-0.15, -0.1) is 5.10 Å². The molecule has 0 saturated heterocycles. The summed E-state index contributed by atoms with van der Waals surface area (Å²) in [6.45, 7) is 0. The van der Waals surface area contributed by atoms with E-state index in [4.69, 9.17) is 9.47 Å². The zero-order valence-electron chi connectivity index (χ0n) is 9.88. The summed E-state index contributed by atoms with van der Waals surface area (Å²) in [6, 6.07) is 11.6. The Labute approximate surface area is 100 Å². The van der Waals surface area contributed by atoms with Crippen molar-refractivity contribution in [1.82, 2.24) is 10.2 Å². The number of para-hydroxylation sites is 1. The molecule has 0 spiro atoms. The summed E-state index contributed by atoms with van der Waals surface area (Å²) in [5.41, 5.74) is 1.98. The van der Waals surface area contributed by atoms with Crippen molar-refractivity contribution in [3.8, 4) is 11.6 Å². The fourth-order valence-electron chi connectivity index (χ4n) is 1.59. The van der Waals surface area contributed by atoms with Crippen LogP contribution in [0.4, 0.5) is 0 Å². The second kappa shape index (κ2) is 5.30. The van der Waals surface area contributed by atoms with Crippen molar-refractivity contribution in [2.24, 2.45) is 0 Å². The number of hydrogen-bond acceptors (Lipinski definition) is 4. The summed E-state index contributed by atoms with van der Waals surface area (Å²) in [5, 5.41) is 8.03. The van der Waals surface area contributed by atoms with Gasteiger partial charge in [0.25, 0.3) is 0 Å². The van der Waals surface area contributed by atoms with Crippen LogP contribution in [0.3, 0.4) is 0 Å². The highest BCUT2D eigenvalue weighted by atomic mass is 16.5. The molecule has 1 heterocycles. The second-order valence-electron chi connectivity index (χ2n) is 3.56. The third kappa shape index (κ3) is 2.72. The van der Waals surface area contributed by atoms with Gasteiger partial charge in [0, 0.05) is 18.1 Å². The minimum absolute atomic E-state index is 0.522. The first-order chi connectivity index (χ1) is 8.33. The highest BCUT2D eigenvalue weighted by Crippen LogP contribution is 2.20. The highest BCUT2D eigenvalue weighted by Gasteiger charge is 2.04. The van der Waals surface area contributed by atoms with Crippen molar-refractivity contribution in [3.63, 3.8) is 0 Å². The minimum atomic E-state index is 0.522. The lowest BCUT2D eigenvalue weighted by molar-refractivity contribution is 0.391. The van der Waals surface area contributed by atoms with Gasteiger partial charge in [0.05, 0.1) is 19.9 Å². The molecule has 0 amide bonds. The Morgan fingerprint density at radius 3 is 2.41 bits per heavy atom. The number of benzene rings is 1. The Bertz CT molecular complexity index is 483. The summed E-state index contributed by atoms with van der Waals surface area (Å²) in [5.74, 6) is 1.39. The molecule has 0 bridgehead atoms. The number of aromatic nitrogens is 2. The summed E-state index contributed by atoms with van der Waals surface area (Å²) in [4.78, 5) is 0. The molecule has 4 nitrogen and oxygen atoms in total. The van der Waals surface area contributed by atoms with Gasteiger partial charge in [0.2, 0.25) is 5.88 Å². The van der Waals surface area contributed by atoms with Gasteiger partial charge in [-0.25, -0.2) is 0 Å². The van der Waals surface area contributed by atoms with Crippen molar-refractivity contribution in [2.45, 2.75) is 6.42 Å². The van der Waals surface area contributed by atoms with Crippen LogP contribution >= 0.6 is 0 Å². The van der Waals surface area contributed by atoms with Crippen LogP contribution in [0, 0.1) is 0 Å². The van der Waals surface area contributed by atoms with Crippen LogP contribution in [0.5, 0.6) is 11.6 Å². The van der Waals surface area contributed by atoms with Crippen LogP contribution in [0.25, 0.3) is 0 Å². The quantitative estimate of drug-likeness (QED) is 0.806. The van der Waals surface area contributed by atoms with Gasteiger partial charge in [-0.3, -0.25) is 0 Å². The molecule has 0 atom stereocenters. The van der Waals surface area contributed by atoms with Crippen LogP contribution in [0.15, 0.2) is 36.4 Å². The molecular formula is C13H14N2O2. The van der Waals surface area contributed by atoms with E-state index in [1.165, 1.54) is 0 Å². The standard InChI is InChI=1S/C13H14N2O2/c1-16-12-6-4-3-5-10(12)9-11-7-8-13(17-2)15-14-11/h3-8H,9H2,1-2H3. The average Bonchev–Trinajstić information content (AvgIpc) is 2.40. The van der Waals surface area contributed by atoms with Crippen molar-refractivity contribution < 1.29 is 9.47 Å². The van der Waals surface area contributed by atoms with Gasteiger partial charge < -0.3 is 9.47 Å². The second-order valence-corrected chi connectivity index (χ2v) is 3.56. The Balaban J connectivity index is 2.19. The smallest absolute Gasteiger partial charge is 0.233 e. The number of nitrogens with zero attached hydrogens (tertiary/aromatic N) is 2. The Hall–Kier alpha value is -2.10. The first-order valence-corrected chi connectivity index (χ1v) is 5.32. The molecule has 88 valence electrons. The molecule has 17 heavy (non-hydrogen) atoms. The number of hydrogen-bond donors (Lipinski definition) is 0. The van der Waals surface area contributed by atoms with E-state index < -0.39 is 0 Å². The maximum atomic E-state index is 5.29. The van der Waals surface area contributed by atoms with Gasteiger partial charge >= 0.3 is 0 Å². The number of rotatable bonds is 4. The molecule has 0 aliphatic heterocycles. The van der Waals surface area contributed by atoms with Gasteiger partial charge in [0.15, 0.2) is 0 Å². The summed E-state index contributed by atoms with van der Waals surface area (Å²) in [6.07, 6.45) is 0.695. The molecule has 0 aliphatic carbocycles. The van der Waals surface area contributed by atoms with Crippen molar-refractivity contribution >= 4 is 0 Å². The van der Waals surface area contributed by atoms with E-state index in [0.717, 1.165) is 17.0 Å². The summed E-state index contributed by atoms with van der Waals surface area (Å²) >= 11 is 0. The Kier molecular flexibility index (Phi) is 3.55. The average molecular weight is 230 g/mol. The van der Waals surface area contributed by atoms with Gasteiger partial charge in [-0.05, 0) is 12.1 Å². The summed E-state index contributed by atoms with van der Waals surface area (Å²) in [7, 11) is 3.24. The zero-order valence-corrected chi connectivity index (χ0v) is 9.88. The fourth-order valence-corrected chi connectivity index (χ4v) is 1.59. The van der Waals surface area contributed by atoms with E-state index in [-0.39, 0.29) is 0 Å². The Morgan fingerprint density at radius 2 is 1.76 bits per heavy atom. The molecule has 4 heteroatoms. The lowest BCUT2D eigenvalue weighted by Gasteiger charge is -2.07. The first kappa shape index (κ1) is 11.4. The molecule has 0 radical (unpaired) electrons. The molecule has 2 aromatic rings. The van der Waals surface area contributed by atoms with Crippen LogP contribution in [0.1, 0.15) is 11.3 Å². The van der Waals surface area contributed by atoms with E-state index >= 15 is 0 Å². The zero-order chi connectivity index (χ0) is 12.1. The van der Waals surface area contributed by atoms with Gasteiger partial charge in [-0.2, -0.15) is 5.10 Å². The molecular weight excluding hydrogens is 216 g/mol. The predicted octanol–water partition coefficient (Wildman–Crippen LogP) is 2.08. The van der Waals surface area contributed by atoms with Crippen molar-refractivity contribution in [3.05, 3.63) is 47.7 Å². The van der Waals surface area contributed by atoms with Crippen LogP contribution in [-0.4, -0.2) is 24.4 Å². The van der Waals surface area contributed by atoms with E-state index in [2.05, 4.69) is 10.2 Å². The largest absolute Gasteiger partial charge is 0.496 e. The van der Waals surface area contributed by atoms with E-state index in [0.29, 0.717) is 12.3 Å². The van der Waals surface area contributed by atoms with Crippen LogP contribution in [-0.2, 0) is 6.42 Å². The predicted molar refractivity (Wildman–Crippen MR) is 64.4 cm³/mol. The highest BCUT2D eigenvalue weighted by molar-refractivity contribution is 5.36. The SMILES string of the molecule is COc1ccc(Cc2ccccc2OC)nn1. The van der Waals surface area contributed by atoms with Crippen LogP contribution in [0.2, 0.25) is 0 Å².